The molecule has 1 aromatic heterocycles. The first kappa shape index (κ1) is 24.3. The molecule has 0 spiro atoms. The first-order valence-electron chi connectivity index (χ1n) is 11.4. The predicted octanol–water partition coefficient (Wildman–Crippen LogP) is 5.31. The Morgan fingerprint density at radius 1 is 1.00 bits per heavy atom. The van der Waals surface area contributed by atoms with Crippen molar-refractivity contribution < 1.29 is 14.3 Å². The molecule has 35 heavy (non-hydrogen) atoms. The van der Waals surface area contributed by atoms with Crippen LogP contribution in [0.4, 0.5) is 0 Å². The second-order valence-electron chi connectivity index (χ2n) is 7.76. The fraction of sp³-hybridized carbons (Fsp3) is 0.222. The van der Waals surface area contributed by atoms with Crippen molar-refractivity contribution >= 4 is 17.7 Å². The molecule has 0 saturated carbocycles. The number of nitrogens with zero attached hydrogens (tertiary/aromatic N) is 3. The van der Waals surface area contributed by atoms with Crippen molar-refractivity contribution in [1.29, 1.82) is 0 Å². The van der Waals surface area contributed by atoms with E-state index in [2.05, 4.69) is 15.5 Å². The lowest BCUT2D eigenvalue weighted by atomic mass is 10.1. The maximum Gasteiger partial charge on any atom is 0.230 e. The minimum Gasteiger partial charge on any atom is -0.496 e. The molecule has 3 aromatic carbocycles. The van der Waals surface area contributed by atoms with Crippen LogP contribution in [-0.2, 0) is 4.79 Å². The maximum absolute atomic E-state index is 12.7. The number of hydrogen-bond donors (Lipinski definition) is 1. The zero-order valence-corrected chi connectivity index (χ0v) is 20.8. The summed E-state index contributed by atoms with van der Waals surface area (Å²) in [6.07, 6.45) is 0. The van der Waals surface area contributed by atoms with Crippen LogP contribution in [0.3, 0.4) is 0 Å². The highest BCUT2D eigenvalue weighted by molar-refractivity contribution is 7.99. The molecule has 0 aliphatic rings. The summed E-state index contributed by atoms with van der Waals surface area (Å²) in [5.74, 6) is 2.24. The van der Waals surface area contributed by atoms with E-state index < -0.39 is 0 Å². The first-order chi connectivity index (χ1) is 17.1. The Bertz CT molecular complexity index is 1260. The van der Waals surface area contributed by atoms with Crippen molar-refractivity contribution in [2.45, 2.75) is 25.0 Å². The molecule has 1 atom stereocenters. The SMILES string of the molecule is CCOc1ccc(-n2c(SCC(=O)N[C@@H](C)c3ccccc3)nnc2-c2ccccc2OC)cc1. The van der Waals surface area contributed by atoms with Gasteiger partial charge in [0.15, 0.2) is 11.0 Å². The molecule has 0 aliphatic carbocycles. The smallest absolute Gasteiger partial charge is 0.230 e. The van der Waals surface area contributed by atoms with Gasteiger partial charge >= 0.3 is 0 Å². The third-order valence-electron chi connectivity index (χ3n) is 5.40. The topological polar surface area (TPSA) is 78.3 Å². The van der Waals surface area contributed by atoms with Gasteiger partial charge in [0.1, 0.15) is 11.5 Å². The van der Waals surface area contributed by atoms with E-state index in [1.165, 1.54) is 11.8 Å². The number of amides is 1. The van der Waals surface area contributed by atoms with Crippen LogP contribution in [0.5, 0.6) is 11.5 Å². The van der Waals surface area contributed by atoms with Crippen molar-refractivity contribution in [3.63, 3.8) is 0 Å². The molecule has 1 N–H and O–H groups in total. The Morgan fingerprint density at radius 2 is 1.71 bits per heavy atom. The standard InChI is InChI=1S/C27H28N4O3S/c1-4-34-22-16-14-21(15-17-22)31-26(23-12-8-9-13-24(23)33-3)29-30-27(31)35-18-25(32)28-19(2)20-10-6-5-7-11-20/h5-17,19H,4,18H2,1-3H3,(H,28,32)/t19-/m0/s1. The van der Waals surface area contributed by atoms with E-state index >= 15 is 0 Å². The average molecular weight is 489 g/mol. The van der Waals surface area contributed by atoms with Crippen LogP contribution >= 0.6 is 11.8 Å². The largest absolute Gasteiger partial charge is 0.496 e. The second kappa shape index (κ2) is 11.6. The predicted molar refractivity (Wildman–Crippen MR) is 138 cm³/mol. The zero-order chi connectivity index (χ0) is 24.6. The molecule has 8 heteroatoms. The van der Waals surface area contributed by atoms with Crippen LogP contribution in [0.25, 0.3) is 17.1 Å². The van der Waals surface area contributed by atoms with Crippen LogP contribution in [0.2, 0.25) is 0 Å². The number of aromatic nitrogens is 3. The Hall–Kier alpha value is -3.78. The summed E-state index contributed by atoms with van der Waals surface area (Å²) >= 11 is 1.34. The van der Waals surface area contributed by atoms with Crippen molar-refractivity contribution in [2.75, 3.05) is 19.5 Å². The number of rotatable bonds is 10. The monoisotopic (exact) mass is 488 g/mol. The van der Waals surface area contributed by atoms with Gasteiger partial charge in [-0.2, -0.15) is 0 Å². The lowest BCUT2D eigenvalue weighted by Gasteiger charge is -2.15. The molecule has 0 bridgehead atoms. The summed E-state index contributed by atoms with van der Waals surface area (Å²) in [5.41, 5.74) is 2.73. The van der Waals surface area contributed by atoms with Crippen LogP contribution in [0.1, 0.15) is 25.5 Å². The van der Waals surface area contributed by atoms with Gasteiger partial charge in [-0.05, 0) is 55.8 Å². The van der Waals surface area contributed by atoms with E-state index in [1.54, 1.807) is 7.11 Å². The minimum absolute atomic E-state index is 0.0774. The summed E-state index contributed by atoms with van der Waals surface area (Å²) < 4.78 is 13.1. The molecular formula is C27H28N4O3S. The van der Waals surface area contributed by atoms with Gasteiger partial charge in [0.05, 0.1) is 36.8 Å². The molecular weight excluding hydrogens is 460 g/mol. The number of hydrogen-bond acceptors (Lipinski definition) is 6. The Kier molecular flexibility index (Phi) is 8.05. The Labute approximate surface area is 209 Å². The van der Waals surface area contributed by atoms with Gasteiger partial charge in [-0.15, -0.1) is 10.2 Å². The minimum atomic E-state index is -0.0857. The molecule has 7 nitrogen and oxygen atoms in total. The van der Waals surface area contributed by atoms with E-state index in [0.29, 0.717) is 23.3 Å². The molecule has 4 rings (SSSR count). The van der Waals surface area contributed by atoms with Crippen molar-refractivity contribution in [1.82, 2.24) is 20.1 Å². The molecule has 1 heterocycles. The second-order valence-corrected chi connectivity index (χ2v) is 8.70. The van der Waals surface area contributed by atoms with E-state index in [-0.39, 0.29) is 17.7 Å². The summed E-state index contributed by atoms with van der Waals surface area (Å²) in [6, 6.07) is 25.2. The lowest BCUT2D eigenvalue weighted by Crippen LogP contribution is -2.28. The number of methoxy groups -OCH3 is 1. The first-order valence-corrected chi connectivity index (χ1v) is 12.4. The molecule has 0 fully saturated rings. The summed E-state index contributed by atoms with van der Waals surface area (Å²) in [4.78, 5) is 12.7. The highest BCUT2D eigenvalue weighted by Gasteiger charge is 2.20. The van der Waals surface area contributed by atoms with Gasteiger partial charge in [0.25, 0.3) is 0 Å². The average Bonchev–Trinajstić information content (AvgIpc) is 3.32. The number of nitrogens with one attached hydrogen (secondary N) is 1. The normalized spacial score (nSPS) is 11.6. The fourth-order valence-electron chi connectivity index (χ4n) is 3.70. The number of thioether (sulfide) groups is 1. The Morgan fingerprint density at radius 3 is 2.43 bits per heavy atom. The van der Waals surface area contributed by atoms with E-state index in [9.17, 15) is 4.79 Å². The van der Waals surface area contributed by atoms with Crippen molar-refractivity contribution in [2.24, 2.45) is 0 Å². The van der Waals surface area contributed by atoms with Crippen LogP contribution in [0, 0.1) is 0 Å². The molecule has 180 valence electrons. The van der Waals surface area contributed by atoms with Gasteiger partial charge < -0.3 is 14.8 Å². The summed E-state index contributed by atoms with van der Waals surface area (Å²) in [7, 11) is 1.63. The fourth-order valence-corrected chi connectivity index (χ4v) is 4.46. The molecule has 0 aliphatic heterocycles. The summed E-state index contributed by atoms with van der Waals surface area (Å²) in [6.45, 7) is 4.52. The van der Waals surface area contributed by atoms with Gasteiger partial charge in [0.2, 0.25) is 5.91 Å². The molecule has 0 unspecified atom stereocenters. The van der Waals surface area contributed by atoms with Gasteiger partial charge in [0, 0.05) is 0 Å². The number of benzene rings is 3. The zero-order valence-electron chi connectivity index (χ0n) is 20.0. The van der Waals surface area contributed by atoms with Crippen LogP contribution in [-0.4, -0.2) is 40.1 Å². The van der Waals surface area contributed by atoms with Crippen molar-refractivity contribution in [3.05, 3.63) is 84.4 Å². The molecule has 0 saturated heterocycles. The van der Waals surface area contributed by atoms with E-state index in [0.717, 1.165) is 22.6 Å². The van der Waals surface area contributed by atoms with Gasteiger partial charge in [-0.3, -0.25) is 9.36 Å². The third kappa shape index (κ3) is 5.84. The molecule has 1 amide bonds. The van der Waals surface area contributed by atoms with Gasteiger partial charge in [-0.1, -0.05) is 54.2 Å². The number of carbonyl (C=O) groups is 1. The lowest BCUT2D eigenvalue weighted by molar-refractivity contribution is -0.119. The van der Waals surface area contributed by atoms with E-state index in [1.807, 2.05) is 97.3 Å². The van der Waals surface area contributed by atoms with E-state index in [4.69, 9.17) is 9.47 Å². The van der Waals surface area contributed by atoms with Crippen LogP contribution < -0.4 is 14.8 Å². The number of carbonyl (C=O) groups excluding carboxylic acids is 1. The highest BCUT2D eigenvalue weighted by Crippen LogP contribution is 2.33. The highest BCUT2D eigenvalue weighted by atomic mass is 32.2. The Balaban J connectivity index is 1.60. The van der Waals surface area contributed by atoms with Crippen LogP contribution in [0.15, 0.2) is 84.0 Å². The quantitative estimate of drug-likeness (QED) is 0.305. The molecule has 0 radical (unpaired) electrons. The van der Waals surface area contributed by atoms with Crippen molar-refractivity contribution in [3.8, 4) is 28.6 Å². The third-order valence-corrected chi connectivity index (χ3v) is 6.33. The molecule has 4 aromatic rings. The number of para-hydroxylation sites is 1. The number of ether oxygens (including phenoxy) is 2. The summed E-state index contributed by atoms with van der Waals surface area (Å²) in [5, 5.41) is 12.5. The van der Waals surface area contributed by atoms with Gasteiger partial charge in [-0.25, -0.2) is 0 Å². The maximum atomic E-state index is 12.7.